The average molecular weight is 231 g/mol. The summed E-state index contributed by atoms with van der Waals surface area (Å²) in [5.74, 6) is 1.05. The summed E-state index contributed by atoms with van der Waals surface area (Å²) in [4.78, 5) is 1.23. The van der Waals surface area contributed by atoms with Gasteiger partial charge in [-0.3, -0.25) is 0 Å². The lowest BCUT2D eigenvalue weighted by molar-refractivity contribution is 0.358. The van der Waals surface area contributed by atoms with E-state index >= 15 is 0 Å². The average Bonchev–Trinajstić information content (AvgIpc) is 2.96. The van der Waals surface area contributed by atoms with Gasteiger partial charge in [-0.25, -0.2) is 0 Å². The minimum atomic E-state index is 0.594. The van der Waals surface area contributed by atoms with Crippen LogP contribution in [0.15, 0.2) is 29.6 Å². The van der Waals surface area contributed by atoms with Gasteiger partial charge in [0.15, 0.2) is 0 Å². The van der Waals surface area contributed by atoms with Gasteiger partial charge in [-0.05, 0) is 17.0 Å². The molecule has 0 radical (unpaired) electrons. The first-order valence-corrected chi connectivity index (χ1v) is 6.29. The third-order valence-corrected chi connectivity index (χ3v) is 3.88. The summed E-state index contributed by atoms with van der Waals surface area (Å²) in [6.07, 6.45) is 1.02. The van der Waals surface area contributed by atoms with Crippen molar-refractivity contribution in [1.29, 1.82) is 0 Å². The maximum Gasteiger partial charge on any atom is 0.130 e. The molecule has 0 bridgehead atoms. The molecule has 1 aliphatic heterocycles. The van der Waals surface area contributed by atoms with Crippen LogP contribution in [0.5, 0.6) is 5.75 Å². The molecule has 2 N–H and O–H groups in total. The number of hydrogen-bond donors (Lipinski definition) is 1. The Labute approximate surface area is 98.7 Å². The number of hydrogen-bond acceptors (Lipinski definition) is 3. The molecule has 0 atom stereocenters. The van der Waals surface area contributed by atoms with Crippen LogP contribution in [0.25, 0.3) is 11.1 Å². The lowest BCUT2D eigenvalue weighted by atomic mass is 10.0. The van der Waals surface area contributed by atoms with E-state index < -0.39 is 0 Å². The molecule has 16 heavy (non-hydrogen) atoms. The first-order chi connectivity index (χ1) is 7.90. The van der Waals surface area contributed by atoms with Crippen LogP contribution in [0.3, 0.4) is 0 Å². The topological polar surface area (TPSA) is 35.2 Å². The second kappa shape index (κ2) is 3.92. The van der Waals surface area contributed by atoms with Crippen molar-refractivity contribution in [2.24, 2.45) is 5.73 Å². The zero-order chi connectivity index (χ0) is 11.0. The third-order valence-electron chi connectivity index (χ3n) is 2.94. The molecular formula is C13H13NOS. The lowest BCUT2D eigenvalue weighted by Crippen LogP contribution is -1.95. The van der Waals surface area contributed by atoms with Gasteiger partial charge in [0.05, 0.1) is 6.61 Å². The van der Waals surface area contributed by atoms with Gasteiger partial charge in [0.2, 0.25) is 0 Å². The van der Waals surface area contributed by atoms with Crippen molar-refractivity contribution in [1.82, 2.24) is 0 Å². The second-order valence-electron chi connectivity index (χ2n) is 3.85. The molecule has 2 nitrogen and oxygen atoms in total. The summed E-state index contributed by atoms with van der Waals surface area (Å²) in [5.41, 5.74) is 9.48. The standard InChI is InChI=1S/C13H13NOS/c14-8-12-10(5-7-16-12)11-3-1-2-9-4-6-15-13(9)11/h1-3,5,7H,4,6,8,14H2. The highest BCUT2D eigenvalue weighted by molar-refractivity contribution is 7.10. The van der Waals surface area contributed by atoms with E-state index in [1.165, 1.54) is 21.6 Å². The SMILES string of the molecule is NCc1sccc1-c1cccc2c1OCC2. The molecule has 3 heteroatoms. The van der Waals surface area contributed by atoms with Crippen LogP contribution >= 0.6 is 11.3 Å². The maximum absolute atomic E-state index is 5.75. The summed E-state index contributed by atoms with van der Waals surface area (Å²) in [6.45, 7) is 1.39. The van der Waals surface area contributed by atoms with Crippen molar-refractivity contribution in [3.8, 4) is 16.9 Å². The number of fused-ring (bicyclic) bond motifs is 1. The van der Waals surface area contributed by atoms with Gasteiger partial charge in [-0.15, -0.1) is 11.3 Å². The van der Waals surface area contributed by atoms with Crippen molar-refractivity contribution >= 4 is 11.3 Å². The molecule has 82 valence electrons. The normalized spacial score (nSPS) is 13.6. The zero-order valence-electron chi connectivity index (χ0n) is 8.90. The number of nitrogens with two attached hydrogens (primary N) is 1. The van der Waals surface area contributed by atoms with Crippen LogP contribution in [0.4, 0.5) is 0 Å². The van der Waals surface area contributed by atoms with Crippen molar-refractivity contribution in [3.63, 3.8) is 0 Å². The fourth-order valence-corrected chi connectivity index (χ4v) is 2.94. The molecule has 1 aromatic carbocycles. The summed E-state index contributed by atoms with van der Waals surface area (Å²) >= 11 is 1.71. The molecule has 3 rings (SSSR count). The van der Waals surface area contributed by atoms with E-state index in [0.717, 1.165) is 18.8 Å². The van der Waals surface area contributed by atoms with Crippen molar-refractivity contribution in [2.45, 2.75) is 13.0 Å². The van der Waals surface area contributed by atoms with Gasteiger partial charge in [0.25, 0.3) is 0 Å². The van der Waals surface area contributed by atoms with Gasteiger partial charge in [-0.2, -0.15) is 0 Å². The van der Waals surface area contributed by atoms with Crippen LogP contribution in [-0.2, 0) is 13.0 Å². The van der Waals surface area contributed by atoms with Crippen molar-refractivity contribution in [2.75, 3.05) is 6.61 Å². The first kappa shape index (κ1) is 9.87. The van der Waals surface area contributed by atoms with E-state index in [1.807, 2.05) is 0 Å². The molecular weight excluding hydrogens is 218 g/mol. The molecule has 0 fully saturated rings. The Morgan fingerprint density at radius 1 is 1.25 bits per heavy atom. The monoisotopic (exact) mass is 231 g/mol. The van der Waals surface area contributed by atoms with Crippen LogP contribution in [0.1, 0.15) is 10.4 Å². The zero-order valence-corrected chi connectivity index (χ0v) is 9.72. The fourth-order valence-electron chi connectivity index (χ4n) is 2.17. The van der Waals surface area contributed by atoms with E-state index in [0.29, 0.717) is 6.54 Å². The number of thiophene rings is 1. The third kappa shape index (κ3) is 1.44. The highest BCUT2D eigenvalue weighted by Gasteiger charge is 2.18. The van der Waals surface area contributed by atoms with Crippen LogP contribution in [0, 0.1) is 0 Å². The second-order valence-corrected chi connectivity index (χ2v) is 4.85. The Hall–Kier alpha value is -1.32. The van der Waals surface area contributed by atoms with Crippen molar-refractivity contribution < 1.29 is 4.74 Å². The lowest BCUT2D eigenvalue weighted by Gasteiger charge is -2.08. The molecule has 2 aromatic rings. The summed E-state index contributed by atoms with van der Waals surface area (Å²) in [5, 5.41) is 2.09. The number of para-hydroxylation sites is 1. The number of rotatable bonds is 2. The van der Waals surface area contributed by atoms with Gasteiger partial charge >= 0.3 is 0 Å². The van der Waals surface area contributed by atoms with Gasteiger partial charge in [0.1, 0.15) is 5.75 Å². The molecule has 0 saturated carbocycles. The minimum absolute atomic E-state index is 0.594. The van der Waals surface area contributed by atoms with Gasteiger partial charge in [0, 0.05) is 29.0 Å². The number of ether oxygens (including phenoxy) is 1. The number of benzene rings is 1. The smallest absolute Gasteiger partial charge is 0.130 e. The Kier molecular flexibility index (Phi) is 2.42. The molecule has 0 aliphatic carbocycles. The largest absolute Gasteiger partial charge is 0.492 e. The Bertz CT molecular complexity index is 518. The minimum Gasteiger partial charge on any atom is -0.492 e. The molecule has 1 aliphatic rings. The molecule has 0 saturated heterocycles. The molecule has 2 heterocycles. The Balaban J connectivity index is 2.17. The predicted octanol–water partition coefficient (Wildman–Crippen LogP) is 2.81. The highest BCUT2D eigenvalue weighted by Crippen LogP contribution is 2.39. The molecule has 0 unspecified atom stereocenters. The summed E-state index contributed by atoms with van der Waals surface area (Å²) < 4.78 is 5.72. The predicted molar refractivity (Wildman–Crippen MR) is 66.8 cm³/mol. The Morgan fingerprint density at radius 3 is 3.06 bits per heavy atom. The van der Waals surface area contributed by atoms with E-state index in [4.69, 9.17) is 10.5 Å². The molecule has 0 amide bonds. The molecule has 1 aromatic heterocycles. The quantitative estimate of drug-likeness (QED) is 0.862. The van der Waals surface area contributed by atoms with Crippen molar-refractivity contribution in [3.05, 3.63) is 40.1 Å². The van der Waals surface area contributed by atoms with Crippen LogP contribution < -0.4 is 10.5 Å². The van der Waals surface area contributed by atoms with E-state index in [2.05, 4.69) is 29.6 Å². The first-order valence-electron chi connectivity index (χ1n) is 5.41. The summed E-state index contributed by atoms with van der Waals surface area (Å²) in [7, 11) is 0. The van der Waals surface area contributed by atoms with Crippen LogP contribution in [-0.4, -0.2) is 6.61 Å². The molecule has 0 spiro atoms. The van der Waals surface area contributed by atoms with E-state index in [-0.39, 0.29) is 0 Å². The highest BCUT2D eigenvalue weighted by atomic mass is 32.1. The van der Waals surface area contributed by atoms with Crippen LogP contribution in [0.2, 0.25) is 0 Å². The van der Waals surface area contributed by atoms with E-state index in [9.17, 15) is 0 Å². The van der Waals surface area contributed by atoms with Gasteiger partial charge in [-0.1, -0.05) is 18.2 Å². The fraction of sp³-hybridized carbons (Fsp3) is 0.231. The Morgan fingerprint density at radius 2 is 2.19 bits per heavy atom. The van der Waals surface area contributed by atoms with Gasteiger partial charge < -0.3 is 10.5 Å². The summed E-state index contributed by atoms with van der Waals surface area (Å²) in [6, 6.07) is 8.48. The van der Waals surface area contributed by atoms with E-state index in [1.54, 1.807) is 11.3 Å². The maximum atomic E-state index is 5.75.